The lowest BCUT2D eigenvalue weighted by molar-refractivity contribution is -0.178. The van der Waals surface area contributed by atoms with Gasteiger partial charge in [0.05, 0.1) is 18.9 Å². The molecule has 0 N–H and O–H groups in total. The molecule has 0 amide bonds. The number of anilines is 1. The number of hydrogen-bond donors (Lipinski definition) is 0. The van der Waals surface area contributed by atoms with Gasteiger partial charge in [0.1, 0.15) is 17.4 Å². The van der Waals surface area contributed by atoms with E-state index in [2.05, 4.69) is 0 Å². The lowest BCUT2D eigenvalue weighted by Crippen LogP contribution is -2.43. The summed E-state index contributed by atoms with van der Waals surface area (Å²) in [7, 11) is 1.93. The fourth-order valence-electron chi connectivity index (χ4n) is 3.33. The van der Waals surface area contributed by atoms with E-state index < -0.39 is 11.6 Å². The molecule has 1 saturated heterocycles. The molecule has 4 nitrogen and oxygen atoms in total. The molecule has 1 saturated carbocycles. The van der Waals surface area contributed by atoms with E-state index in [1.165, 1.54) is 6.07 Å². The zero-order chi connectivity index (χ0) is 14.9. The second-order valence-electron chi connectivity index (χ2n) is 5.70. The molecule has 2 fully saturated rings. The summed E-state index contributed by atoms with van der Waals surface area (Å²) in [6, 6.07) is 7.02. The number of nitriles is 1. The average molecular weight is 290 g/mol. The van der Waals surface area contributed by atoms with Crippen LogP contribution >= 0.6 is 0 Å². The van der Waals surface area contributed by atoms with Gasteiger partial charge in [0.15, 0.2) is 5.79 Å². The maximum Gasteiger partial charge on any atom is 0.168 e. The minimum atomic E-state index is -0.461. The molecular weight excluding hydrogens is 271 g/mol. The predicted molar refractivity (Wildman–Crippen MR) is 76.4 cm³/mol. The fourth-order valence-corrected chi connectivity index (χ4v) is 3.33. The highest BCUT2D eigenvalue weighted by molar-refractivity contribution is 5.60. The van der Waals surface area contributed by atoms with Gasteiger partial charge in [0.2, 0.25) is 0 Å². The lowest BCUT2D eigenvalue weighted by atomic mass is 9.89. The highest BCUT2D eigenvalue weighted by Crippen LogP contribution is 2.38. The molecular formula is C16H19FN2O2. The van der Waals surface area contributed by atoms with Gasteiger partial charge in [-0.25, -0.2) is 4.39 Å². The molecule has 0 unspecified atom stereocenters. The molecule has 3 rings (SSSR count). The minimum Gasteiger partial charge on any atom is -0.370 e. The van der Waals surface area contributed by atoms with E-state index in [-0.39, 0.29) is 11.6 Å². The van der Waals surface area contributed by atoms with Crippen LogP contribution in [0.25, 0.3) is 0 Å². The van der Waals surface area contributed by atoms with Crippen molar-refractivity contribution in [3.8, 4) is 6.07 Å². The number of benzene rings is 1. The molecule has 2 aliphatic rings. The number of ether oxygens (including phenoxy) is 2. The Morgan fingerprint density at radius 2 is 1.95 bits per heavy atom. The quantitative estimate of drug-likeness (QED) is 0.840. The van der Waals surface area contributed by atoms with Crippen molar-refractivity contribution in [2.45, 2.75) is 37.5 Å². The highest BCUT2D eigenvalue weighted by Gasteiger charge is 2.41. The SMILES string of the molecule is CN(c1cccc(F)c1C#N)C1CCC2(CC1)OCCO2. The van der Waals surface area contributed by atoms with Crippen LogP contribution in [0.4, 0.5) is 10.1 Å². The van der Waals surface area contributed by atoms with Crippen LogP contribution in [-0.4, -0.2) is 32.1 Å². The van der Waals surface area contributed by atoms with Crippen LogP contribution in [0, 0.1) is 17.1 Å². The Morgan fingerprint density at radius 1 is 1.29 bits per heavy atom. The number of nitrogens with zero attached hydrogens (tertiary/aromatic N) is 2. The predicted octanol–water partition coefficient (Wildman–Crippen LogP) is 2.82. The fraction of sp³-hybridized carbons (Fsp3) is 0.562. The maximum atomic E-state index is 13.7. The van der Waals surface area contributed by atoms with Gasteiger partial charge in [-0.15, -0.1) is 0 Å². The summed E-state index contributed by atoms with van der Waals surface area (Å²) in [5.74, 6) is -0.853. The Morgan fingerprint density at radius 3 is 2.57 bits per heavy atom. The van der Waals surface area contributed by atoms with Crippen LogP contribution in [0.1, 0.15) is 31.2 Å². The van der Waals surface area contributed by atoms with Gasteiger partial charge in [-0.2, -0.15) is 5.26 Å². The molecule has 1 spiro atoms. The summed E-state index contributed by atoms with van der Waals surface area (Å²) >= 11 is 0. The third-order valence-corrected chi connectivity index (χ3v) is 4.56. The Kier molecular flexibility index (Phi) is 3.83. The van der Waals surface area contributed by atoms with Crippen molar-refractivity contribution in [3.63, 3.8) is 0 Å². The van der Waals surface area contributed by atoms with E-state index in [1.54, 1.807) is 12.1 Å². The highest BCUT2D eigenvalue weighted by atomic mass is 19.1. The molecule has 1 aliphatic heterocycles. The first kappa shape index (κ1) is 14.3. The van der Waals surface area contributed by atoms with Crippen molar-refractivity contribution >= 4 is 5.69 Å². The zero-order valence-electron chi connectivity index (χ0n) is 12.1. The summed E-state index contributed by atoms with van der Waals surface area (Å²) in [4.78, 5) is 2.02. The summed E-state index contributed by atoms with van der Waals surface area (Å²) in [6.45, 7) is 1.34. The normalized spacial score (nSPS) is 21.4. The molecule has 1 aromatic rings. The monoisotopic (exact) mass is 290 g/mol. The zero-order valence-corrected chi connectivity index (χ0v) is 12.1. The summed E-state index contributed by atoms with van der Waals surface area (Å²) in [5.41, 5.74) is 0.778. The third-order valence-electron chi connectivity index (χ3n) is 4.56. The first-order valence-corrected chi connectivity index (χ1v) is 7.34. The Bertz CT molecular complexity index is 554. The van der Waals surface area contributed by atoms with Crippen LogP contribution < -0.4 is 4.90 Å². The Labute approximate surface area is 124 Å². The van der Waals surface area contributed by atoms with E-state index in [4.69, 9.17) is 14.7 Å². The maximum absolute atomic E-state index is 13.7. The summed E-state index contributed by atoms with van der Waals surface area (Å²) in [5, 5.41) is 9.16. The molecule has 1 aromatic carbocycles. The topological polar surface area (TPSA) is 45.5 Å². The standard InChI is InChI=1S/C16H19FN2O2/c1-19(15-4-2-3-14(17)13(15)11-18)12-5-7-16(8-6-12)20-9-10-21-16/h2-4,12H,5-10H2,1H3. The number of halogens is 1. The van der Waals surface area contributed by atoms with Gasteiger partial charge in [-0.05, 0) is 25.0 Å². The van der Waals surface area contributed by atoms with Crippen molar-refractivity contribution in [2.24, 2.45) is 0 Å². The van der Waals surface area contributed by atoms with Crippen molar-refractivity contribution in [1.29, 1.82) is 5.26 Å². The van der Waals surface area contributed by atoms with Crippen LogP contribution in [0.3, 0.4) is 0 Å². The molecule has 1 heterocycles. The van der Waals surface area contributed by atoms with E-state index in [9.17, 15) is 4.39 Å². The van der Waals surface area contributed by atoms with Gasteiger partial charge >= 0.3 is 0 Å². The second-order valence-corrected chi connectivity index (χ2v) is 5.70. The smallest absolute Gasteiger partial charge is 0.168 e. The van der Waals surface area contributed by atoms with E-state index in [0.717, 1.165) is 25.7 Å². The molecule has 21 heavy (non-hydrogen) atoms. The third kappa shape index (κ3) is 2.61. The van der Waals surface area contributed by atoms with Crippen LogP contribution in [-0.2, 0) is 9.47 Å². The van der Waals surface area contributed by atoms with E-state index in [0.29, 0.717) is 18.9 Å². The Hall–Kier alpha value is -1.64. The van der Waals surface area contributed by atoms with Crippen molar-refractivity contribution < 1.29 is 13.9 Å². The van der Waals surface area contributed by atoms with Crippen molar-refractivity contribution in [2.75, 3.05) is 25.2 Å². The summed E-state index contributed by atoms with van der Waals surface area (Å²) < 4.78 is 25.2. The molecule has 112 valence electrons. The van der Waals surface area contributed by atoms with Gasteiger partial charge in [0.25, 0.3) is 0 Å². The summed E-state index contributed by atoms with van der Waals surface area (Å²) in [6.07, 6.45) is 3.52. The first-order chi connectivity index (χ1) is 10.2. The number of hydrogen-bond acceptors (Lipinski definition) is 4. The second kappa shape index (κ2) is 5.63. The molecule has 0 atom stereocenters. The average Bonchev–Trinajstić information content (AvgIpc) is 2.95. The lowest BCUT2D eigenvalue weighted by Gasteiger charge is -2.40. The van der Waals surface area contributed by atoms with E-state index in [1.807, 2.05) is 18.0 Å². The molecule has 0 aromatic heterocycles. The van der Waals surface area contributed by atoms with Crippen LogP contribution in [0.2, 0.25) is 0 Å². The van der Waals surface area contributed by atoms with Gasteiger partial charge in [-0.3, -0.25) is 0 Å². The number of rotatable bonds is 2. The molecule has 0 radical (unpaired) electrons. The van der Waals surface area contributed by atoms with Crippen LogP contribution in [0.15, 0.2) is 18.2 Å². The van der Waals surface area contributed by atoms with Crippen molar-refractivity contribution in [1.82, 2.24) is 0 Å². The largest absolute Gasteiger partial charge is 0.370 e. The minimum absolute atomic E-state index is 0.119. The molecule has 1 aliphatic carbocycles. The molecule has 0 bridgehead atoms. The van der Waals surface area contributed by atoms with Gasteiger partial charge < -0.3 is 14.4 Å². The van der Waals surface area contributed by atoms with Crippen molar-refractivity contribution in [3.05, 3.63) is 29.6 Å². The molecule has 5 heteroatoms. The van der Waals surface area contributed by atoms with Gasteiger partial charge in [0, 0.05) is 25.9 Å². The Balaban J connectivity index is 1.74. The van der Waals surface area contributed by atoms with Crippen LogP contribution in [0.5, 0.6) is 0 Å². The van der Waals surface area contributed by atoms with Gasteiger partial charge in [-0.1, -0.05) is 6.07 Å². The first-order valence-electron chi connectivity index (χ1n) is 7.34. The van der Waals surface area contributed by atoms with E-state index >= 15 is 0 Å².